The number of fused-ring (bicyclic) bond motifs is 1. The monoisotopic (exact) mass is 464 g/mol. The molecule has 0 bridgehead atoms. The van der Waals surface area contributed by atoms with E-state index in [9.17, 15) is 4.79 Å². The molecule has 172 valence electrons. The number of aryl methyl sites for hydroxylation is 1. The van der Waals surface area contributed by atoms with Crippen molar-refractivity contribution in [2.24, 2.45) is 0 Å². The summed E-state index contributed by atoms with van der Waals surface area (Å²) in [7, 11) is 0. The van der Waals surface area contributed by atoms with Gasteiger partial charge in [0.2, 0.25) is 0 Å². The fourth-order valence-corrected chi connectivity index (χ4v) is 3.98. The normalized spacial score (nSPS) is 11.5. The summed E-state index contributed by atoms with van der Waals surface area (Å²) in [6.45, 7) is 10.4. The lowest BCUT2D eigenvalue weighted by Gasteiger charge is -2.07. The molecular weight excluding hydrogens is 436 g/mol. The molecule has 4 rings (SSSR count). The van der Waals surface area contributed by atoms with Gasteiger partial charge in [-0.15, -0.1) is 0 Å². The minimum Gasteiger partial charge on any atom is -0.460 e. The molecule has 0 spiro atoms. The first-order chi connectivity index (χ1) is 15.8. The molecule has 7 heteroatoms. The lowest BCUT2D eigenvalue weighted by molar-refractivity contribution is 0.102. The van der Waals surface area contributed by atoms with Crippen LogP contribution in [0, 0.1) is 6.92 Å². The second kappa shape index (κ2) is 9.81. The Balaban J connectivity index is 1.51. The van der Waals surface area contributed by atoms with E-state index in [1.807, 2.05) is 60.1 Å². The number of furan rings is 1. The van der Waals surface area contributed by atoms with Crippen LogP contribution in [-0.4, -0.2) is 22.2 Å². The molecule has 2 heterocycles. The molecule has 4 aromatic rings. The van der Waals surface area contributed by atoms with E-state index in [-0.39, 0.29) is 11.8 Å². The molecule has 0 saturated heterocycles. The average Bonchev–Trinajstić information content (AvgIpc) is 3.36. The van der Waals surface area contributed by atoms with Crippen LogP contribution < -0.4 is 10.6 Å². The van der Waals surface area contributed by atoms with Gasteiger partial charge in [0.05, 0.1) is 6.54 Å². The fourth-order valence-electron chi connectivity index (χ4n) is 3.73. The third-order valence-corrected chi connectivity index (χ3v) is 5.80. The van der Waals surface area contributed by atoms with E-state index in [0.29, 0.717) is 22.9 Å². The Bertz CT molecular complexity index is 1270. The predicted octanol–water partition coefficient (Wildman–Crippen LogP) is 6.12. The summed E-state index contributed by atoms with van der Waals surface area (Å²) < 4.78 is 7.96. The number of hydrogen-bond acceptors (Lipinski definition) is 4. The van der Waals surface area contributed by atoms with E-state index in [1.165, 1.54) is 0 Å². The molecule has 2 aromatic heterocycles. The molecule has 1 amide bonds. The lowest BCUT2D eigenvalue weighted by atomic mass is 10.1. The quantitative estimate of drug-likeness (QED) is 0.329. The molecule has 0 fully saturated rings. The van der Waals surface area contributed by atoms with Gasteiger partial charge in [0.15, 0.2) is 5.82 Å². The fraction of sp³-hybridized carbons (Fsp3) is 0.308. The predicted molar refractivity (Wildman–Crippen MR) is 133 cm³/mol. The van der Waals surface area contributed by atoms with E-state index < -0.39 is 0 Å². The number of rotatable bonds is 8. The van der Waals surface area contributed by atoms with Gasteiger partial charge in [-0.3, -0.25) is 9.48 Å². The maximum Gasteiger partial charge on any atom is 0.256 e. The third kappa shape index (κ3) is 5.29. The number of nitrogens with zero attached hydrogens (tertiary/aromatic N) is 2. The number of hydrogen-bond donors (Lipinski definition) is 2. The van der Waals surface area contributed by atoms with Crippen LogP contribution in [0.1, 0.15) is 59.6 Å². The van der Waals surface area contributed by atoms with Crippen molar-refractivity contribution >= 4 is 34.3 Å². The second-order valence-corrected chi connectivity index (χ2v) is 8.98. The maximum absolute atomic E-state index is 12.7. The highest BCUT2D eigenvalue weighted by Crippen LogP contribution is 2.31. The molecule has 0 aliphatic carbocycles. The van der Waals surface area contributed by atoms with Crippen LogP contribution in [0.25, 0.3) is 11.0 Å². The Morgan fingerprint density at radius 2 is 1.91 bits per heavy atom. The number of amides is 1. The first-order valence-electron chi connectivity index (χ1n) is 11.2. The maximum atomic E-state index is 12.7. The van der Waals surface area contributed by atoms with Crippen molar-refractivity contribution in [3.8, 4) is 0 Å². The van der Waals surface area contributed by atoms with Crippen molar-refractivity contribution in [2.75, 3.05) is 11.9 Å². The zero-order chi connectivity index (χ0) is 23.5. The Labute approximate surface area is 198 Å². The van der Waals surface area contributed by atoms with Gasteiger partial charge in [-0.2, -0.15) is 5.10 Å². The van der Waals surface area contributed by atoms with Gasteiger partial charge in [-0.25, -0.2) is 0 Å². The summed E-state index contributed by atoms with van der Waals surface area (Å²) in [5.41, 5.74) is 4.43. The highest BCUT2D eigenvalue weighted by molar-refractivity contribution is 6.31. The first kappa shape index (κ1) is 23.1. The molecule has 2 N–H and O–H groups in total. The summed E-state index contributed by atoms with van der Waals surface area (Å²) >= 11 is 6.37. The van der Waals surface area contributed by atoms with Crippen molar-refractivity contribution in [2.45, 2.75) is 46.7 Å². The second-order valence-electron chi connectivity index (χ2n) is 8.55. The SMILES string of the molecule is CCNCc1ccc(C(=O)Nc2cc(C)n(Cc3cc(Cl)cc4cc(C(C)C)oc34)n2)cc1. The standard InChI is InChI=1S/C26H29ClN4O2/c1-5-28-14-18-6-8-19(9-7-18)26(32)29-24-10-17(4)31(30-24)15-21-12-22(27)11-20-13-23(16(2)3)33-25(20)21/h6-13,16,28H,5,14-15H2,1-4H3,(H,29,30,32). The molecule has 0 aliphatic heterocycles. The van der Waals surface area contributed by atoms with Gasteiger partial charge in [0.1, 0.15) is 11.3 Å². The molecule has 2 aromatic carbocycles. The number of halogens is 1. The number of benzene rings is 2. The van der Waals surface area contributed by atoms with Crippen LogP contribution in [0.2, 0.25) is 5.02 Å². The van der Waals surface area contributed by atoms with Crippen LogP contribution in [-0.2, 0) is 13.1 Å². The number of aromatic nitrogens is 2. The van der Waals surface area contributed by atoms with Crippen molar-refractivity contribution in [3.63, 3.8) is 0 Å². The summed E-state index contributed by atoms with van der Waals surface area (Å²) in [5.74, 6) is 1.53. The highest BCUT2D eigenvalue weighted by atomic mass is 35.5. The van der Waals surface area contributed by atoms with Crippen LogP contribution in [0.5, 0.6) is 0 Å². The van der Waals surface area contributed by atoms with Gasteiger partial charge in [0.25, 0.3) is 5.91 Å². The average molecular weight is 465 g/mol. The minimum absolute atomic E-state index is 0.188. The van der Waals surface area contributed by atoms with Gasteiger partial charge in [0, 0.05) is 45.8 Å². The van der Waals surface area contributed by atoms with Gasteiger partial charge < -0.3 is 15.1 Å². The number of nitrogens with one attached hydrogen (secondary N) is 2. The van der Waals surface area contributed by atoms with E-state index in [0.717, 1.165) is 46.6 Å². The zero-order valence-electron chi connectivity index (χ0n) is 19.4. The molecule has 0 atom stereocenters. The van der Waals surface area contributed by atoms with Crippen molar-refractivity contribution in [1.29, 1.82) is 0 Å². The highest BCUT2D eigenvalue weighted by Gasteiger charge is 2.15. The van der Waals surface area contributed by atoms with E-state index in [1.54, 1.807) is 0 Å². The molecular formula is C26H29ClN4O2. The summed E-state index contributed by atoms with van der Waals surface area (Å²) in [6, 6.07) is 15.3. The molecule has 6 nitrogen and oxygen atoms in total. The zero-order valence-corrected chi connectivity index (χ0v) is 20.2. The van der Waals surface area contributed by atoms with E-state index in [4.69, 9.17) is 16.0 Å². The van der Waals surface area contributed by atoms with Crippen LogP contribution in [0.15, 0.2) is 52.9 Å². The number of anilines is 1. The first-order valence-corrected chi connectivity index (χ1v) is 11.6. The number of carbonyl (C=O) groups excluding carboxylic acids is 1. The van der Waals surface area contributed by atoms with E-state index >= 15 is 0 Å². The minimum atomic E-state index is -0.188. The van der Waals surface area contributed by atoms with Crippen LogP contribution in [0.4, 0.5) is 5.82 Å². The third-order valence-electron chi connectivity index (χ3n) is 5.58. The largest absolute Gasteiger partial charge is 0.460 e. The molecule has 0 radical (unpaired) electrons. The summed E-state index contributed by atoms with van der Waals surface area (Å²) in [4.78, 5) is 12.7. The Morgan fingerprint density at radius 1 is 1.15 bits per heavy atom. The van der Waals surface area contributed by atoms with Crippen molar-refractivity contribution < 1.29 is 9.21 Å². The Morgan fingerprint density at radius 3 is 2.61 bits per heavy atom. The van der Waals surface area contributed by atoms with E-state index in [2.05, 4.69) is 36.5 Å². The smallest absolute Gasteiger partial charge is 0.256 e. The van der Waals surface area contributed by atoms with Crippen molar-refractivity contribution in [3.05, 3.63) is 81.7 Å². The van der Waals surface area contributed by atoms with Gasteiger partial charge in [-0.05, 0) is 49.4 Å². The van der Waals surface area contributed by atoms with Crippen LogP contribution >= 0.6 is 11.6 Å². The Hall–Kier alpha value is -3.09. The molecule has 0 saturated carbocycles. The van der Waals surface area contributed by atoms with Crippen molar-refractivity contribution in [1.82, 2.24) is 15.1 Å². The van der Waals surface area contributed by atoms with Crippen LogP contribution in [0.3, 0.4) is 0 Å². The Kier molecular flexibility index (Phi) is 6.86. The topological polar surface area (TPSA) is 72.1 Å². The lowest BCUT2D eigenvalue weighted by Crippen LogP contribution is -2.14. The summed E-state index contributed by atoms with van der Waals surface area (Å²) in [5, 5.41) is 12.4. The molecule has 0 aliphatic rings. The summed E-state index contributed by atoms with van der Waals surface area (Å²) in [6.07, 6.45) is 0. The van der Waals surface area contributed by atoms with Gasteiger partial charge >= 0.3 is 0 Å². The molecule has 0 unspecified atom stereocenters. The van der Waals surface area contributed by atoms with Gasteiger partial charge in [-0.1, -0.05) is 44.5 Å². The molecule has 33 heavy (non-hydrogen) atoms. The number of carbonyl (C=O) groups is 1.